The Morgan fingerprint density at radius 1 is 1.44 bits per heavy atom. The molecule has 90 valence electrons. The van der Waals surface area contributed by atoms with Gasteiger partial charge in [-0.15, -0.1) is 0 Å². The molecule has 0 aromatic carbocycles. The van der Waals surface area contributed by atoms with Crippen LogP contribution in [0, 0.1) is 0 Å². The maximum absolute atomic E-state index is 5.58. The third-order valence-corrected chi connectivity index (χ3v) is 3.25. The van der Waals surface area contributed by atoms with E-state index in [4.69, 9.17) is 5.73 Å². The number of aromatic nitrogens is 2. The van der Waals surface area contributed by atoms with Crippen LogP contribution in [0.15, 0.2) is 12.3 Å². The van der Waals surface area contributed by atoms with E-state index in [1.54, 1.807) is 0 Å². The minimum absolute atomic E-state index is 0.603. The fourth-order valence-corrected chi connectivity index (χ4v) is 2.24. The zero-order chi connectivity index (χ0) is 11.5. The van der Waals surface area contributed by atoms with Crippen LogP contribution in [0.1, 0.15) is 6.92 Å². The molecule has 16 heavy (non-hydrogen) atoms. The van der Waals surface area contributed by atoms with Crippen LogP contribution in [0.25, 0.3) is 0 Å². The molecule has 5 heteroatoms. The Morgan fingerprint density at radius 2 is 2.25 bits per heavy atom. The molecule has 1 fully saturated rings. The number of likely N-dealkylation sites (N-methyl/N-ethyl adjacent to an activating group) is 1. The first kappa shape index (κ1) is 11.4. The van der Waals surface area contributed by atoms with Gasteiger partial charge in [0.25, 0.3) is 0 Å². The Hall–Kier alpha value is -1.07. The van der Waals surface area contributed by atoms with E-state index in [1.807, 2.05) is 16.9 Å². The van der Waals surface area contributed by atoms with Gasteiger partial charge in [-0.1, -0.05) is 0 Å². The first-order valence-electron chi connectivity index (χ1n) is 5.86. The number of piperazine rings is 1. The summed E-state index contributed by atoms with van der Waals surface area (Å²) in [5.41, 5.74) is 5.58. The second-order valence-electron chi connectivity index (χ2n) is 4.65. The van der Waals surface area contributed by atoms with Gasteiger partial charge in [-0.2, -0.15) is 5.10 Å². The van der Waals surface area contributed by atoms with Crippen LogP contribution in [-0.4, -0.2) is 58.8 Å². The second-order valence-corrected chi connectivity index (χ2v) is 4.65. The van der Waals surface area contributed by atoms with Gasteiger partial charge in [-0.3, -0.25) is 9.58 Å². The Morgan fingerprint density at radius 3 is 2.88 bits per heavy atom. The summed E-state index contributed by atoms with van der Waals surface area (Å²) in [6.07, 6.45) is 1.94. The number of nitrogens with zero attached hydrogens (tertiary/aromatic N) is 4. The minimum Gasteiger partial charge on any atom is -0.382 e. The van der Waals surface area contributed by atoms with Gasteiger partial charge in [0.15, 0.2) is 0 Å². The first-order valence-corrected chi connectivity index (χ1v) is 5.86. The number of nitrogen functional groups attached to an aromatic ring is 1. The Labute approximate surface area is 96.8 Å². The summed E-state index contributed by atoms with van der Waals surface area (Å²) in [5.74, 6) is 0.603. The summed E-state index contributed by atoms with van der Waals surface area (Å²) in [6.45, 7) is 7.72. The van der Waals surface area contributed by atoms with Crippen molar-refractivity contribution in [2.45, 2.75) is 19.5 Å². The van der Waals surface area contributed by atoms with E-state index in [2.05, 4.69) is 28.9 Å². The Kier molecular flexibility index (Phi) is 3.46. The highest BCUT2D eigenvalue weighted by molar-refractivity contribution is 5.23. The van der Waals surface area contributed by atoms with Crippen molar-refractivity contribution in [3.05, 3.63) is 12.3 Å². The number of rotatable bonds is 3. The van der Waals surface area contributed by atoms with Crippen molar-refractivity contribution >= 4 is 5.82 Å². The van der Waals surface area contributed by atoms with Crippen LogP contribution < -0.4 is 5.73 Å². The molecular formula is C11H21N5. The van der Waals surface area contributed by atoms with Crippen LogP contribution in [0.3, 0.4) is 0 Å². The standard InChI is InChI=1S/C11H21N5/c1-10-9-14(2)5-6-15(10)7-8-16-4-3-11(12)13-16/h3-4,10H,5-9H2,1-2H3,(H2,12,13). The molecule has 5 nitrogen and oxygen atoms in total. The predicted molar refractivity (Wildman–Crippen MR) is 65.2 cm³/mol. The third-order valence-electron chi connectivity index (χ3n) is 3.25. The molecular weight excluding hydrogens is 202 g/mol. The number of nitrogens with two attached hydrogens (primary N) is 1. The molecule has 1 aliphatic heterocycles. The summed E-state index contributed by atoms with van der Waals surface area (Å²) < 4.78 is 1.92. The van der Waals surface area contributed by atoms with E-state index < -0.39 is 0 Å². The highest BCUT2D eigenvalue weighted by Crippen LogP contribution is 2.07. The highest BCUT2D eigenvalue weighted by atomic mass is 15.3. The van der Waals surface area contributed by atoms with Gasteiger partial charge in [-0.25, -0.2) is 0 Å². The van der Waals surface area contributed by atoms with Crippen LogP contribution >= 0.6 is 0 Å². The fraction of sp³-hybridized carbons (Fsp3) is 0.727. The van der Waals surface area contributed by atoms with E-state index >= 15 is 0 Å². The normalized spacial score (nSPS) is 23.8. The van der Waals surface area contributed by atoms with Crippen LogP contribution in [0.5, 0.6) is 0 Å². The Bertz CT molecular complexity index is 335. The molecule has 2 rings (SSSR count). The average molecular weight is 223 g/mol. The summed E-state index contributed by atoms with van der Waals surface area (Å²) in [4.78, 5) is 4.89. The molecule has 0 bridgehead atoms. The van der Waals surface area contributed by atoms with E-state index in [1.165, 1.54) is 0 Å². The van der Waals surface area contributed by atoms with E-state index in [0.717, 1.165) is 32.7 Å². The fourth-order valence-electron chi connectivity index (χ4n) is 2.24. The molecule has 0 radical (unpaired) electrons. The SMILES string of the molecule is CC1CN(C)CCN1CCn1ccc(N)n1. The van der Waals surface area contributed by atoms with Gasteiger partial charge in [-0.05, 0) is 20.0 Å². The number of hydrogen-bond donors (Lipinski definition) is 1. The molecule has 2 heterocycles. The second kappa shape index (κ2) is 4.84. The molecule has 0 amide bonds. The lowest BCUT2D eigenvalue weighted by Crippen LogP contribution is -2.51. The molecule has 0 aliphatic carbocycles. The lowest BCUT2D eigenvalue weighted by Gasteiger charge is -2.38. The predicted octanol–water partition coefficient (Wildman–Crippen LogP) is 0.101. The number of hydrogen-bond acceptors (Lipinski definition) is 4. The summed E-state index contributed by atoms with van der Waals surface area (Å²) in [5, 5.41) is 4.19. The average Bonchev–Trinajstić information content (AvgIpc) is 2.63. The monoisotopic (exact) mass is 223 g/mol. The van der Waals surface area contributed by atoms with Gasteiger partial charge in [0.2, 0.25) is 0 Å². The largest absolute Gasteiger partial charge is 0.382 e. The summed E-state index contributed by atoms with van der Waals surface area (Å²) in [6, 6.07) is 2.47. The first-order chi connectivity index (χ1) is 7.65. The van der Waals surface area contributed by atoms with Crippen LogP contribution in [-0.2, 0) is 6.54 Å². The van der Waals surface area contributed by atoms with Gasteiger partial charge in [0.1, 0.15) is 5.82 Å². The van der Waals surface area contributed by atoms with E-state index in [0.29, 0.717) is 11.9 Å². The highest BCUT2D eigenvalue weighted by Gasteiger charge is 2.20. The summed E-state index contributed by atoms with van der Waals surface area (Å²) in [7, 11) is 2.18. The maximum atomic E-state index is 5.58. The van der Waals surface area contributed by atoms with Crippen molar-refractivity contribution in [1.82, 2.24) is 19.6 Å². The maximum Gasteiger partial charge on any atom is 0.145 e. The molecule has 1 aliphatic rings. The zero-order valence-electron chi connectivity index (χ0n) is 10.1. The van der Waals surface area contributed by atoms with Gasteiger partial charge >= 0.3 is 0 Å². The molecule has 0 spiro atoms. The molecule has 1 aromatic heterocycles. The van der Waals surface area contributed by atoms with Crippen molar-refractivity contribution in [3.63, 3.8) is 0 Å². The molecule has 1 aromatic rings. The number of anilines is 1. The lowest BCUT2D eigenvalue weighted by atomic mass is 10.2. The zero-order valence-corrected chi connectivity index (χ0v) is 10.1. The minimum atomic E-state index is 0.603. The van der Waals surface area contributed by atoms with E-state index in [9.17, 15) is 0 Å². The van der Waals surface area contributed by atoms with Crippen LogP contribution in [0.2, 0.25) is 0 Å². The van der Waals surface area contributed by atoms with Crippen molar-refractivity contribution in [2.75, 3.05) is 39.0 Å². The molecule has 2 N–H and O–H groups in total. The van der Waals surface area contributed by atoms with Crippen LogP contribution in [0.4, 0.5) is 5.82 Å². The lowest BCUT2D eigenvalue weighted by molar-refractivity contribution is 0.0959. The molecule has 1 atom stereocenters. The summed E-state index contributed by atoms with van der Waals surface area (Å²) >= 11 is 0. The van der Waals surface area contributed by atoms with Gasteiger partial charge in [0.05, 0.1) is 6.54 Å². The quantitative estimate of drug-likeness (QED) is 0.789. The van der Waals surface area contributed by atoms with Crippen molar-refractivity contribution in [1.29, 1.82) is 0 Å². The Balaban J connectivity index is 1.81. The third kappa shape index (κ3) is 2.74. The molecule has 0 saturated carbocycles. The smallest absolute Gasteiger partial charge is 0.145 e. The van der Waals surface area contributed by atoms with Crippen molar-refractivity contribution in [2.24, 2.45) is 0 Å². The van der Waals surface area contributed by atoms with Gasteiger partial charge in [0, 0.05) is 38.4 Å². The van der Waals surface area contributed by atoms with Crippen molar-refractivity contribution < 1.29 is 0 Å². The van der Waals surface area contributed by atoms with Crippen molar-refractivity contribution in [3.8, 4) is 0 Å². The topological polar surface area (TPSA) is 50.3 Å². The van der Waals surface area contributed by atoms with Gasteiger partial charge < -0.3 is 10.6 Å². The van der Waals surface area contributed by atoms with E-state index in [-0.39, 0.29) is 0 Å². The molecule has 1 saturated heterocycles. The molecule has 1 unspecified atom stereocenters.